The van der Waals surface area contributed by atoms with Crippen molar-refractivity contribution in [1.29, 1.82) is 0 Å². The van der Waals surface area contributed by atoms with E-state index < -0.39 is 0 Å². The van der Waals surface area contributed by atoms with Crippen LogP contribution in [0.1, 0.15) is 65.7 Å². The number of hydrogen-bond donors (Lipinski definition) is 2. The molecule has 0 aromatic heterocycles. The molecule has 0 aromatic carbocycles. The van der Waals surface area contributed by atoms with Crippen LogP contribution in [-0.4, -0.2) is 23.7 Å². The molecule has 0 aliphatic heterocycles. The molecule has 1 fully saturated rings. The molecule has 0 saturated heterocycles. The number of nitrogens with one attached hydrogen (secondary N) is 1. The SMILES string of the molecule is CC(C)(C)CC(=O)NC(CCO)C1CCCCC1. The van der Waals surface area contributed by atoms with Gasteiger partial charge in [0.05, 0.1) is 0 Å². The summed E-state index contributed by atoms with van der Waals surface area (Å²) < 4.78 is 0. The average Bonchev–Trinajstić information content (AvgIpc) is 2.27. The highest BCUT2D eigenvalue weighted by molar-refractivity contribution is 5.76. The first-order chi connectivity index (χ1) is 8.42. The van der Waals surface area contributed by atoms with Crippen LogP contribution in [-0.2, 0) is 4.79 Å². The van der Waals surface area contributed by atoms with E-state index in [1.807, 2.05) is 0 Å². The minimum Gasteiger partial charge on any atom is -0.396 e. The van der Waals surface area contributed by atoms with Gasteiger partial charge in [0.2, 0.25) is 5.91 Å². The number of amides is 1. The Hall–Kier alpha value is -0.570. The maximum absolute atomic E-state index is 12.0. The van der Waals surface area contributed by atoms with Gasteiger partial charge in [-0.25, -0.2) is 0 Å². The van der Waals surface area contributed by atoms with Crippen LogP contribution in [0.25, 0.3) is 0 Å². The molecule has 1 amide bonds. The van der Waals surface area contributed by atoms with E-state index in [9.17, 15) is 4.79 Å². The summed E-state index contributed by atoms with van der Waals surface area (Å²) in [4.78, 5) is 12.0. The monoisotopic (exact) mass is 255 g/mol. The van der Waals surface area contributed by atoms with Crippen LogP contribution in [0.2, 0.25) is 0 Å². The third-order valence-corrected chi connectivity index (χ3v) is 3.70. The van der Waals surface area contributed by atoms with Crippen LogP contribution < -0.4 is 5.32 Å². The highest BCUT2D eigenvalue weighted by Crippen LogP contribution is 2.28. The molecule has 1 rings (SSSR count). The van der Waals surface area contributed by atoms with E-state index in [-0.39, 0.29) is 24.0 Å². The van der Waals surface area contributed by atoms with Crippen LogP contribution in [0.4, 0.5) is 0 Å². The van der Waals surface area contributed by atoms with Gasteiger partial charge in [0.1, 0.15) is 0 Å². The summed E-state index contributed by atoms with van der Waals surface area (Å²) in [5.74, 6) is 0.696. The molecule has 0 radical (unpaired) electrons. The van der Waals surface area contributed by atoms with Gasteiger partial charge in [-0.2, -0.15) is 0 Å². The van der Waals surface area contributed by atoms with E-state index >= 15 is 0 Å². The van der Waals surface area contributed by atoms with E-state index in [0.29, 0.717) is 18.8 Å². The molecule has 0 spiro atoms. The summed E-state index contributed by atoms with van der Waals surface area (Å²) in [6.45, 7) is 6.40. The van der Waals surface area contributed by atoms with Crippen molar-refractivity contribution in [1.82, 2.24) is 5.32 Å². The second-order valence-corrected chi connectivity index (χ2v) is 6.82. The van der Waals surface area contributed by atoms with Gasteiger partial charge in [-0.05, 0) is 30.6 Å². The summed E-state index contributed by atoms with van der Waals surface area (Å²) in [6, 6.07) is 0.171. The highest BCUT2D eigenvalue weighted by Gasteiger charge is 2.26. The molecule has 3 heteroatoms. The highest BCUT2D eigenvalue weighted by atomic mass is 16.3. The third kappa shape index (κ3) is 5.85. The lowest BCUT2D eigenvalue weighted by Crippen LogP contribution is -2.42. The molecule has 1 aliphatic carbocycles. The van der Waals surface area contributed by atoms with Crippen LogP contribution >= 0.6 is 0 Å². The van der Waals surface area contributed by atoms with Gasteiger partial charge in [-0.15, -0.1) is 0 Å². The Morgan fingerprint density at radius 3 is 2.39 bits per heavy atom. The van der Waals surface area contributed by atoms with Crippen LogP contribution in [0, 0.1) is 11.3 Å². The van der Waals surface area contributed by atoms with Gasteiger partial charge >= 0.3 is 0 Å². The fraction of sp³-hybridized carbons (Fsp3) is 0.933. The van der Waals surface area contributed by atoms with Crippen molar-refractivity contribution in [3.63, 3.8) is 0 Å². The normalized spacial score (nSPS) is 19.6. The Kier molecular flexibility index (Phi) is 6.13. The zero-order chi connectivity index (χ0) is 13.6. The number of aliphatic hydroxyl groups excluding tert-OH is 1. The van der Waals surface area contributed by atoms with Gasteiger partial charge in [-0.1, -0.05) is 40.0 Å². The maximum Gasteiger partial charge on any atom is 0.220 e. The Labute approximate surface area is 111 Å². The van der Waals surface area contributed by atoms with E-state index in [0.717, 1.165) is 0 Å². The summed E-state index contributed by atoms with van der Waals surface area (Å²) in [5, 5.41) is 12.3. The summed E-state index contributed by atoms with van der Waals surface area (Å²) in [6.07, 6.45) is 7.49. The van der Waals surface area contributed by atoms with Crippen molar-refractivity contribution < 1.29 is 9.90 Å². The summed E-state index contributed by atoms with van der Waals surface area (Å²) in [5.41, 5.74) is 0.0282. The minimum absolute atomic E-state index is 0.0282. The number of aliphatic hydroxyl groups is 1. The predicted molar refractivity (Wildman–Crippen MR) is 74.3 cm³/mol. The molecule has 1 unspecified atom stereocenters. The van der Waals surface area contributed by atoms with Gasteiger partial charge in [0.25, 0.3) is 0 Å². The Bertz CT molecular complexity index is 252. The predicted octanol–water partition coefficient (Wildman–Crippen LogP) is 2.87. The molecule has 3 nitrogen and oxygen atoms in total. The van der Waals surface area contributed by atoms with E-state index in [1.165, 1.54) is 32.1 Å². The number of carbonyl (C=O) groups excluding carboxylic acids is 1. The first kappa shape index (κ1) is 15.5. The molecule has 1 aliphatic rings. The average molecular weight is 255 g/mol. The number of rotatable bonds is 5. The molecule has 0 aromatic rings. The lowest BCUT2D eigenvalue weighted by molar-refractivity contribution is -0.124. The number of hydrogen-bond acceptors (Lipinski definition) is 2. The van der Waals surface area contributed by atoms with Crippen molar-refractivity contribution in [2.45, 2.75) is 71.8 Å². The fourth-order valence-electron chi connectivity index (χ4n) is 2.84. The topological polar surface area (TPSA) is 49.3 Å². The molecule has 1 saturated carbocycles. The Balaban J connectivity index is 2.48. The van der Waals surface area contributed by atoms with Crippen molar-refractivity contribution >= 4 is 5.91 Å². The lowest BCUT2D eigenvalue weighted by Gasteiger charge is -2.31. The van der Waals surface area contributed by atoms with Gasteiger partial charge in [-0.3, -0.25) is 4.79 Å². The van der Waals surface area contributed by atoms with Gasteiger partial charge < -0.3 is 10.4 Å². The fourth-order valence-corrected chi connectivity index (χ4v) is 2.84. The van der Waals surface area contributed by atoms with Crippen molar-refractivity contribution in [3.8, 4) is 0 Å². The zero-order valence-electron chi connectivity index (χ0n) is 12.2. The molecule has 1 atom stereocenters. The molecular formula is C15H29NO2. The van der Waals surface area contributed by atoms with Crippen LogP contribution in [0.15, 0.2) is 0 Å². The molecule has 2 N–H and O–H groups in total. The van der Waals surface area contributed by atoms with E-state index in [2.05, 4.69) is 26.1 Å². The summed E-state index contributed by atoms with van der Waals surface area (Å²) in [7, 11) is 0. The van der Waals surface area contributed by atoms with E-state index in [1.54, 1.807) is 0 Å². The van der Waals surface area contributed by atoms with Crippen LogP contribution in [0.3, 0.4) is 0 Å². The van der Waals surface area contributed by atoms with Crippen molar-refractivity contribution in [2.24, 2.45) is 11.3 Å². The first-order valence-corrected chi connectivity index (χ1v) is 7.32. The third-order valence-electron chi connectivity index (χ3n) is 3.70. The maximum atomic E-state index is 12.0. The van der Waals surface area contributed by atoms with Crippen molar-refractivity contribution in [3.05, 3.63) is 0 Å². The smallest absolute Gasteiger partial charge is 0.220 e. The molecule has 18 heavy (non-hydrogen) atoms. The zero-order valence-corrected chi connectivity index (χ0v) is 12.2. The molecular weight excluding hydrogens is 226 g/mol. The lowest BCUT2D eigenvalue weighted by atomic mass is 9.82. The largest absolute Gasteiger partial charge is 0.396 e. The first-order valence-electron chi connectivity index (χ1n) is 7.32. The van der Waals surface area contributed by atoms with Gasteiger partial charge in [0.15, 0.2) is 0 Å². The molecule has 0 bridgehead atoms. The Morgan fingerprint density at radius 2 is 1.89 bits per heavy atom. The molecule has 0 heterocycles. The number of carbonyl (C=O) groups is 1. The second kappa shape index (κ2) is 7.13. The minimum atomic E-state index is 0.0282. The summed E-state index contributed by atoms with van der Waals surface area (Å²) >= 11 is 0. The quantitative estimate of drug-likeness (QED) is 0.793. The second-order valence-electron chi connectivity index (χ2n) is 6.82. The van der Waals surface area contributed by atoms with Crippen molar-refractivity contribution in [2.75, 3.05) is 6.61 Å². The van der Waals surface area contributed by atoms with Gasteiger partial charge in [0, 0.05) is 19.1 Å². The standard InChI is InChI=1S/C15H29NO2/c1-15(2,3)11-14(18)16-13(9-10-17)12-7-5-4-6-8-12/h12-13,17H,4-11H2,1-3H3,(H,16,18). The molecule has 106 valence electrons. The van der Waals surface area contributed by atoms with E-state index in [4.69, 9.17) is 5.11 Å². The Morgan fingerprint density at radius 1 is 1.28 bits per heavy atom. The van der Waals surface area contributed by atoms with Crippen LogP contribution in [0.5, 0.6) is 0 Å².